The van der Waals surface area contributed by atoms with Crippen molar-refractivity contribution in [2.45, 2.75) is 38.8 Å². The Morgan fingerprint density at radius 2 is 2.28 bits per heavy atom. The predicted molar refractivity (Wildman–Crippen MR) is 67.3 cm³/mol. The van der Waals surface area contributed by atoms with Gasteiger partial charge in [0.15, 0.2) is 5.69 Å². The van der Waals surface area contributed by atoms with Gasteiger partial charge in [0.05, 0.1) is 13.7 Å². The Hall–Kier alpha value is -1.43. The molecule has 6 heteroatoms. The molecule has 18 heavy (non-hydrogen) atoms. The van der Waals surface area contributed by atoms with Crippen LogP contribution in [0.25, 0.3) is 0 Å². The highest BCUT2D eigenvalue weighted by Gasteiger charge is 2.32. The molecule has 1 aliphatic carbocycles. The highest BCUT2D eigenvalue weighted by atomic mass is 32.1. The number of esters is 1. The first kappa shape index (κ1) is 13.0. The highest BCUT2D eigenvalue weighted by molar-refractivity contribution is 7.09. The molecule has 0 aromatic carbocycles. The Bertz CT molecular complexity index is 454. The number of nitrogens with zero attached hydrogens (tertiary/aromatic N) is 2. The summed E-state index contributed by atoms with van der Waals surface area (Å²) in [5, 5.41) is 2.45. The van der Waals surface area contributed by atoms with Crippen molar-refractivity contribution in [3.63, 3.8) is 0 Å². The molecule has 0 spiro atoms. The van der Waals surface area contributed by atoms with Gasteiger partial charge in [-0.15, -0.1) is 11.3 Å². The van der Waals surface area contributed by atoms with Crippen LogP contribution in [0.15, 0.2) is 5.38 Å². The molecule has 0 atom stereocenters. The smallest absolute Gasteiger partial charge is 0.357 e. The predicted octanol–water partition coefficient (Wildman–Crippen LogP) is 1.83. The zero-order chi connectivity index (χ0) is 13.1. The van der Waals surface area contributed by atoms with Gasteiger partial charge in [-0.25, -0.2) is 9.78 Å². The van der Waals surface area contributed by atoms with Crippen LogP contribution in [0.5, 0.6) is 0 Å². The summed E-state index contributed by atoms with van der Waals surface area (Å²) in [4.78, 5) is 29.2. The zero-order valence-electron chi connectivity index (χ0n) is 10.5. The van der Waals surface area contributed by atoms with Gasteiger partial charge in [-0.2, -0.15) is 0 Å². The van der Waals surface area contributed by atoms with E-state index in [0.717, 1.165) is 17.8 Å². The zero-order valence-corrected chi connectivity index (χ0v) is 11.3. The summed E-state index contributed by atoms with van der Waals surface area (Å²) in [6, 6.07) is 0.364. The van der Waals surface area contributed by atoms with Crippen LogP contribution in [0.3, 0.4) is 0 Å². The Morgan fingerprint density at radius 1 is 1.56 bits per heavy atom. The highest BCUT2D eigenvalue weighted by Crippen LogP contribution is 2.29. The van der Waals surface area contributed by atoms with Gasteiger partial charge >= 0.3 is 5.97 Å². The second-order valence-corrected chi connectivity index (χ2v) is 5.17. The van der Waals surface area contributed by atoms with Crippen molar-refractivity contribution in [2.75, 3.05) is 7.11 Å². The number of thiazole rings is 1. The number of hydrogen-bond acceptors (Lipinski definition) is 5. The largest absolute Gasteiger partial charge is 0.464 e. The first-order chi connectivity index (χ1) is 8.65. The fourth-order valence-electron chi connectivity index (χ4n) is 1.74. The summed E-state index contributed by atoms with van der Waals surface area (Å²) >= 11 is 1.39. The van der Waals surface area contributed by atoms with Crippen LogP contribution in [0.4, 0.5) is 0 Å². The molecular formula is C12H16N2O3S. The van der Waals surface area contributed by atoms with E-state index in [0.29, 0.717) is 24.7 Å². The molecule has 0 radical (unpaired) electrons. The van der Waals surface area contributed by atoms with Gasteiger partial charge in [0.25, 0.3) is 0 Å². The Kier molecular flexibility index (Phi) is 3.96. The molecule has 0 aliphatic heterocycles. The van der Waals surface area contributed by atoms with E-state index in [4.69, 9.17) is 0 Å². The fraction of sp³-hybridized carbons (Fsp3) is 0.583. The molecule has 5 nitrogen and oxygen atoms in total. The Morgan fingerprint density at radius 3 is 2.83 bits per heavy atom. The number of amides is 1. The van der Waals surface area contributed by atoms with Gasteiger partial charge in [0.2, 0.25) is 5.91 Å². The molecule has 0 unspecified atom stereocenters. The minimum absolute atomic E-state index is 0.146. The molecule has 1 fully saturated rings. The van der Waals surface area contributed by atoms with Crippen LogP contribution < -0.4 is 0 Å². The molecule has 0 N–H and O–H groups in total. The topological polar surface area (TPSA) is 59.5 Å². The van der Waals surface area contributed by atoms with Gasteiger partial charge in [-0.3, -0.25) is 4.79 Å². The number of methoxy groups -OCH3 is 1. The maximum Gasteiger partial charge on any atom is 0.357 e. The lowest BCUT2D eigenvalue weighted by molar-refractivity contribution is -0.132. The molecule has 1 aromatic rings. The number of aromatic nitrogens is 1. The molecule has 98 valence electrons. The van der Waals surface area contributed by atoms with Crippen LogP contribution in [-0.2, 0) is 16.1 Å². The first-order valence-corrected chi connectivity index (χ1v) is 6.85. The monoisotopic (exact) mass is 268 g/mol. The summed E-state index contributed by atoms with van der Waals surface area (Å²) in [6.07, 6.45) is 2.65. The summed E-state index contributed by atoms with van der Waals surface area (Å²) in [5.41, 5.74) is 0.317. The van der Waals surface area contributed by atoms with E-state index in [1.807, 2.05) is 11.8 Å². The van der Waals surface area contributed by atoms with Crippen molar-refractivity contribution in [1.29, 1.82) is 0 Å². The average Bonchev–Trinajstić information content (AvgIpc) is 3.13. The molecule has 1 aliphatic rings. The summed E-state index contributed by atoms with van der Waals surface area (Å²) in [6.45, 7) is 2.36. The molecule has 2 rings (SSSR count). The summed E-state index contributed by atoms with van der Waals surface area (Å²) in [7, 11) is 1.33. The van der Waals surface area contributed by atoms with Crippen LogP contribution >= 0.6 is 11.3 Å². The SMILES string of the molecule is CCC(=O)N(Cc1nc(C(=O)OC)cs1)C1CC1. The number of hydrogen-bond donors (Lipinski definition) is 0. The van der Waals surface area contributed by atoms with Crippen molar-refractivity contribution >= 4 is 23.2 Å². The molecule has 0 saturated heterocycles. The summed E-state index contributed by atoms with van der Waals surface area (Å²) < 4.78 is 4.61. The molecule has 0 bridgehead atoms. The normalized spacial score (nSPS) is 14.3. The molecule has 1 saturated carbocycles. The van der Waals surface area contributed by atoms with E-state index >= 15 is 0 Å². The van der Waals surface area contributed by atoms with Crippen molar-refractivity contribution in [2.24, 2.45) is 0 Å². The van der Waals surface area contributed by atoms with Crippen molar-refractivity contribution in [1.82, 2.24) is 9.88 Å². The quantitative estimate of drug-likeness (QED) is 0.764. The lowest BCUT2D eigenvalue weighted by atomic mass is 10.3. The maximum absolute atomic E-state index is 11.8. The summed E-state index contributed by atoms with van der Waals surface area (Å²) in [5.74, 6) is -0.287. The molecule has 1 aromatic heterocycles. The number of rotatable bonds is 5. The first-order valence-electron chi connectivity index (χ1n) is 5.98. The van der Waals surface area contributed by atoms with Crippen molar-refractivity contribution in [3.05, 3.63) is 16.1 Å². The Balaban J connectivity index is 2.05. The minimum Gasteiger partial charge on any atom is -0.464 e. The number of carbonyl (C=O) groups is 2. The van der Waals surface area contributed by atoms with Crippen LogP contribution in [0.2, 0.25) is 0 Å². The third kappa shape index (κ3) is 2.87. The van der Waals surface area contributed by atoms with E-state index < -0.39 is 5.97 Å². The van der Waals surface area contributed by atoms with E-state index in [9.17, 15) is 9.59 Å². The van der Waals surface area contributed by atoms with Gasteiger partial charge in [-0.05, 0) is 12.8 Å². The Labute approximate surface area is 110 Å². The van der Waals surface area contributed by atoms with Gasteiger partial charge in [-0.1, -0.05) is 6.92 Å². The second kappa shape index (κ2) is 5.48. The van der Waals surface area contributed by atoms with E-state index in [-0.39, 0.29) is 5.91 Å². The fourth-order valence-corrected chi connectivity index (χ4v) is 2.50. The van der Waals surface area contributed by atoms with Crippen molar-refractivity contribution < 1.29 is 14.3 Å². The molecule has 1 heterocycles. The second-order valence-electron chi connectivity index (χ2n) is 4.22. The van der Waals surface area contributed by atoms with Crippen LogP contribution in [-0.4, -0.2) is 34.9 Å². The average molecular weight is 268 g/mol. The van der Waals surface area contributed by atoms with Crippen molar-refractivity contribution in [3.8, 4) is 0 Å². The number of carbonyl (C=O) groups excluding carboxylic acids is 2. The van der Waals surface area contributed by atoms with Crippen LogP contribution in [0.1, 0.15) is 41.7 Å². The van der Waals surface area contributed by atoms with Crippen LogP contribution in [0, 0.1) is 0 Å². The van der Waals surface area contributed by atoms with Gasteiger partial charge in [0, 0.05) is 17.8 Å². The van der Waals surface area contributed by atoms with E-state index in [1.54, 1.807) is 5.38 Å². The lowest BCUT2D eigenvalue weighted by Gasteiger charge is -2.20. The third-order valence-electron chi connectivity index (χ3n) is 2.86. The van der Waals surface area contributed by atoms with E-state index in [1.165, 1.54) is 18.4 Å². The number of ether oxygens (including phenoxy) is 1. The van der Waals surface area contributed by atoms with Gasteiger partial charge < -0.3 is 9.64 Å². The lowest BCUT2D eigenvalue weighted by Crippen LogP contribution is -2.31. The van der Waals surface area contributed by atoms with Gasteiger partial charge in [0.1, 0.15) is 5.01 Å². The maximum atomic E-state index is 11.8. The van der Waals surface area contributed by atoms with E-state index in [2.05, 4.69) is 9.72 Å². The molecule has 1 amide bonds. The minimum atomic E-state index is -0.433. The third-order valence-corrected chi connectivity index (χ3v) is 3.70. The molecular weight excluding hydrogens is 252 g/mol. The standard InChI is InChI=1S/C12H16N2O3S/c1-3-11(15)14(8-4-5-8)6-10-13-9(7-18-10)12(16)17-2/h7-8H,3-6H2,1-2H3.